The first-order valence-corrected chi connectivity index (χ1v) is 10.2. The first-order valence-electron chi connectivity index (χ1n) is 7.60. The summed E-state index contributed by atoms with van der Waals surface area (Å²) in [6, 6.07) is 9.18. The fourth-order valence-electron chi connectivity index (χ4n) is 2.31. The zero-order chi connectivity index (χ0) is 20.2. The average Bonchev–Trinajstić information content (AvgIpc) is 2.59. The number of amides is 1. The molecule has 1 N–H and O–H groups in total. The summed E-state index contributed by atoms with van der Waals surface area (Å²) in [6.07, 6.45) is 0.991. The van der Waals surface area contributed by atoms with Crippen molar-refractivity contribution in [2.75, 3.05) is 36.6 Å². The van der Waals surface area contributed by atoms with Crippen molar-refractivity contribution in [3.8, 4) is 11.5 Å². The Morgan fingerprint density at radius 2 is 1.70 bits per heavy atom. The number of rotatable bonds is 7. The molecule has 2 rings (SSSR count). The summed E-state index contributed by atoms with van der Waals surface area (Å²) in [5.74, 6) is 0.157. The Hall–Kier alpha value is -2.16. The van der Waals surface area contributed by atoms with E-state index in [2.05, 4.69) is 5.32 Å². The Labute approximate surface area is 167 Å². The maximum Gasteiger partial charge on any atom is 0.245 e. The van der Waals surface area contributed by atoms with Gasteiger partial charge in [-0.25, -0.2) is 8.42 Å². The monoisotopic (exact) mass is 432 g/mol. The number of halogens is 2. The van der Waals surface area contributed by atoms with E-state index in [1.165, 1.54) is 32.4 Å². The number of carbonyl (C=O) groups excluding carboxylic acids is 1. The van der Waals surface area contributed by atoms with Crippen LogP contribution in [0.5, 0.6) is 11.5 Å². The SMILES string of the molecule is COc1ccc(NC(=O)CN(c2cc(Cl)ccc2OC)S(C)(=O)=O)cc1Cl. The van der Waals surface area contributed by atoms with Crippen molar-refractivity contribution in [3.05, 3.63) is 46.4 Å². The minimum absolute atomic E-state index is 0.162. The highest BCUT2D eigenvalue weighted by molar-refractivity contribution is 7.92. The Morgan fingerprint density at radius 1 is 1.07 bits per heavy atom. The van der Waals surface area contributed by atoms with Crippen LogP contribution >= 0.6 is 23.2 Å². The van der Waals surface area contributed by atoms with Gasteiger partial charge in [-0.1, -0.05) is 23.2 Å². The predicted octanol–water partition coefficient (Wildman–Crippen LogP) is 3.42. The lowest BCUT2D eigenvalue weighted by Crippen LogP contribution is -2.37. The zero-order valence-electron chi connectivity index (χ0n) is 14.8. The van der Waals surface area contributed by atoms with Gasteiger partial charge in [-0.05, 0) is 36.4 Å². The molecule has 2 aromatic carbocycles. The first-order chi connectivity index (χ1) is 12.7. The average molecular weight is 433 g/mol. The van der Waals surface area contributed by atoms with Crippen molar-refractivity contribution in [3.63, 3.8) is 0 Å². The van der Waals surface area contributed by atoms with E-state index in [9.17, 15) is 13.2 Å². The van der Waals surface area contributed by atoms with Gasteiger partial charge in [0.2, 0.25) is 15.9 Å². The van der Waals surface area contributed by atoms with E-state index < -0.39 is 22.5 Å². The zero-order valence-corrected chi connectivity index (χ0v) is 17.2. The van der Waals surface area contributed by atoms with Crippen molar-refractivity contribution in [1.82, 2.24) is 0 Å². The summed E-state index contributed by atoms with van der Waals surface area (Å²) in [4.78, 5) is 12.4. The van der Waals surface area contributed by atoms with Crippen LogP contribution in [0.4, 0.5) is 11.4 Å². The third-order valence-corrected chi connectivity index (χ3v) is 5.19. The molecule has 10 heteroatoms. The van der Waals surface area contributed by atoms with Crippen LogP contribution in [0, 0.1) is 0 Å². The van der Waals surface area contributed by atoms with Crippen molar-refractivity contribution < 1.29 is 22.7 Å². The molecule has 0 atom stereocenters. The Kier molecular flexibility index (Phi) is 6.80. The highest BCUT2D eigenvalue weighted by Gasteiger charge is 2.24. The molecule has 0 aromatic heterocycles. The third-order valence-electron chi connectivity index (χ3n) is 3.53. The molecule has 1 amide bonds. The van der Waals surface area contributed by atoms with Crippen LogP contribution in [-0.2, 0) is 14.8 Å². The van der Waals surface area contributed by atoms with Crippen LogP contribution in [0.15, 0.2) is 36.4 Å². The molecule has 0 saturated heterocycles. The number of carbonyl (C=O) groups is 1. The molecule has 0 heterocycles. The summed E-state index contributed by atoms with van der Waals surface area (Å²) < 4.78 is 35.6. The van der Waals surface area contributed by atoms with E-state index in [4.69, 9.17) is 32.7 Å². The molecular formula is C17H18Cl2N2O5S. The standard InChI is InChI=1S/C17H18Cl2N2O5S/c1-25-15-7-5-12(9-13(15)19)20-17(22)10-21(27(3,23)24)14-8-11(18)4-6-16(14)26-2/h4-9H,10H2,1-3H3,(H,20,22). The Morgan fingerprint density at radius 3 is 2.26 bits per heavy atom. The molecule has 0 fully saturated rings. The molecule has 0 saturated carbocycles. The number of sulfonamides is 1. The van der Waals surface area contributed by atoms with Gasteiger partial charge in [0.15, 0.2) is 0 Å². The second kappa shape index (κ2) is 8.69. The molecule has 0 spiro atoms. The molecule has 27 heavy (non-hydrogen) atoms. The lowest BCUT2D eigenvalue weighted by molar-refractivity contribution is -0.114. The van der Waals surface area contributed by atoms with Gasteiger partial charge in [0, 0.05) is 10.7 Å². The second-order valence-electron chi connectivity index (χ2n) is 5.48. The minimum Gasteiger partial charge on any atom is -0.495 e. The van der Waals surface area contributed by atoms with Gasteiger partial charge < -0.3 is 14.8 Å². The number of hydrogen-bond donors (Lipinski definition) is 1. The fraction of sp³-hybridized carbons (Fsp3) is 0.235. The number of hydrogen-bond acceptors (Lipinski definition) is 5. The second-order valence-corrected chi connectivity index (χ2v) is 8.23. The van der Waals surface area contributed by atoms with Crippen LogP contribution in [-0.4, -0.2) is 41.3 Å². The number of methoxy groups -OCH3 is 2. The van der Waals surface area contributed by atoms with E-state index >= 15 is 0 Å². The van der Waals surface area contributed by atoms with E-state index in [1.54, 1.807) is 18.2 Å². The van der Waals surface area contributed by atoms with Crippen molar-refractivity contribution in [1.29, 1.82) is 0 Å². The van der Waals surface area contributed by atoms with Crippen molar-refractivity contribution >= 4 is 50.5 Å². The summed E-state index contributed by atoms with van der Waals surface area (Å²) in [5.41, 5.74) is 0.563. The maximum absolute atomic E-state index is 12.4. The molecule has 0 aliphatic carbocycles. The molecule has 146 valence electrons. The molecular weight excluding hydrogens is 415 g/mol. The number of nitrogens with zero attached hydrogens (tertiary/aromatic N) is 1. The number of anilines is 2. The molecule has 7 nitrogen and oxygen atoms in total. The van der Waals surface area contributed by atoms with Crippen LogP contribution in [0.2, 0.25) is 10.0 Å². The van der Waals surface area contributed by atoms with Gasteiger partial charge in [-0.15, -0.1) is 0 Å². The summed E-state index contributed by atoms with van der Waals surface area (Å²) in [5, 5.41) is 3.22. The number of ether oxygens (including phenoxy) is 2. The third kappa shape index (κ3) is 5.41. The van der Waals surface area contributed by atoms with E-state index in [0.29, 0.717) is 21.5 Å². The van der Waals surface area contributed by atoms with Gasteiger partial charge in [-0.2, -0.15) is 0 Å². The molecule has 2 aromatic rings. The smallest absolute Gasteiger partial charge is 0.245 e. The summed E-state index contributed by atoms with van der Waals surface area (Å²) in [7, 11) is -0.916. The van der Waals surface area contributed by atoms with E-state index in [0.717, 1.165) is 10.6 Å². The van der Waals surface area contributed by atoms with E-state index in [-0.39, 0.29) is 11.4 Å². The summed E-state index contributed by atoms with van der Waals surface area (Å²) in [6.45, 7) is -0.473. The lowest BCUT2D eigenvalue weighted by Gasteiger charge is -2.24. The van der Waals surface area contributed by atoms with Crippen LogP contribution in [0.1, 0.15) is 0 Å². The maximum atomic E-state index is 12.4. The fourth-order valence-corrected chi connectivity index (χ4v) is 3.59. The normalized spacial score (nSPS) is 11.0. The van der Waals surface area contributed by atoms with Crippen LogP contribution < -0.4 is 19.1 Å². The molecule has 0 radical (unpaired) electrons. The van der Waals surface area contributed by atoms with Crippen molar-refractivity contribution in [2.24, 2.45) is 0 Å². The molecule has 0 aliphatic heterocycles. The van der Waals surface area contributed by atoms with E-state index in [1.807, 2.05) is 0 Å². The highest BCUT2D eigenvalue weighted by atomic mass is 35.5. The van der Waals surface area contributed by atoms with Crippen LogP contribution in [0.25, 0.3) is 0 Å². The number of benzene rings is 2. The van der Waals surface area contributed by atoms with Gasteiger partial charge in [0.1, 0.15) is 18.0 Å². The van der Waals surface area contributed by atoms with Gasteiger partial charge in [-0.3, -0.25) is 9.10 Å². The minimum atomic E-state index is -3.79. The van der Waals surface area contributed by atoms with Crippen LogP contribution in [0.3, 0.4) is 0 Å². The highest BCUT2D eigenvalue weighted by Crippen LogP contribution is 2.33. The quantitative estimate of drug-likeness (QED) is 0.724. The number of nitrogens with one attached hydrogen (secondary N) is 1. The van der Waals surface area contributed by atoms with Gasteiger partial charge in [0.05, 0.1) is 31.2 Å². The predicted molar refractivity (Wildman–Crippen MR) is 107 cm³/mol. The van der Waals surface area contributed by atoms with Gasteiger partial charge >= 0.3 is 0 Å². The molecule has 0 aliphatic rings. The Bertz CT molecular complexity index is 950. The Balaban J connectivity index is 2.28. The molecule has 0 unspecified atom stereocenters. The topological polar surface area (TPSA) is 84.9 Å². The van der Waals surface area contributed by atoms with Crippen molar-refractivity contribution in [2.45, 2.75) is 0 Å². The molecule has 0 bridgehead atoms. The largest absolute Gasteiger partial charge is 0.495 e. The van der Waals surface area contributed by atoms with Gasteiger partial charge in [0.25, 0.3) is 0 Å². The lowest BCUT2D eigenvalue weighted by atomic mass is 10.2. The summed E-state index contributed by atoms with van der Waals surface area (Å²) >= 11 is 12.0. The first kappa shape index (κ1) is 21.1.